The molecule has 0 aromatic rings. The molecule has 3 rings (SSSR count). The summed E-state index contributed by atoms with van der Waals surface area (Å²) in [6, 6.07) is 1.19. The summed E-state index contributed by atoms with van der Waals surface area (Å²) in [6.45, 7) is 8.51. The lowest BCUT2D eigenvalue weighted by molar-refractivity contribution is 0.268. The predicted molar refractivity (Wildman–Crippen MR) is 60.4 cm³/mol. The summed E-state index contributed by atoms with van der Waals surface area (Å²) in [5.41, 5.74) is 0. The number of hydrogen-bond donors (Lipinski definition) is 0. The van der Waals surface area contributed by atoms with E-state index in [1.807, 2.05) is 0 Å². The minimum absolute atomic E-state index is 0.596. The van der Waals surface area contributed by atoms with Crippen LogP contribution in [0.15, 0.2) is 0 Å². The van der Waals surface area contributed by atoms with Gasteiger partial charge in [0.25, 0.3) is 0 Å². The Balaban J connectivity index is 1.86. The lowest BCUT2D eigenvalue weighted by Crippen LogP contribution is -2.28. The molecule has 0 aromatic heterocycles. The van der Waals surface area contributed by atoms with Crippen LogP contribution in [0.2, 0.25) is 0 Å². The molecule has 0 amide bonds. The molecule has 15 heavy (non-hydrogen) atoms. The molecule has 3 aliphatic heterocycles. The van der Waals surface area contributed by atoms with Crippen LogP contribution in [0.1, 0.15) is 26.7 Å². The summed E-state index contributed by atoms with van der Waals surface area (Å²) in [7, 11) is -1.75. The molecule has 0 aromatic carbocycles. The van der Waals surface area contributed by atoms with Gasteiger partial charge in [-0.1, -0.05) is 13.8 Å². The lowest BCUT2D eigenvalue weighted by Gasteiger charge is -2.20. The smallest absolute Gasteiger partial charge is 0.170 e. The molecule has 1 unspecified atom stereocenters. The second-order valence-corrected chi connectivity index (χ2v) is 7.06. The van der Waals surface area contributed by atoms with Crippen molar-refractivity contribution in [1.82, 2.24) is 9.34 Å². The quantitative estimate of drug-likeness (QED) is 0.678. The van der Waals surface area contributed by atoms with E-state index in [-0.39, 0.29) is 0 Å². The van der Waals surface area contributed by atoms with Gasteiger partial charge in [-0.2, -0.15) is 9.05 Å². The Morgan fingerprint density at radius 2 is 1.47 bits per heavy atom. The number of nitrogens with zero attached hydrogens (tertiary/aromatic N) is 2. The maximum absolute atomic E-state index is 6.06. The van der Waals surface area contributed by atoms with Crippen LogP contribution < -0.4 is 0 Å². The monoisotopic (exact) mass is 231 g/mol. The van der Waals surface area contributed by atoms with Crippen molar-refractivity contribution < 1.29 is 9.05 Å². The SMILES string of the molecule is CC[C@@H]1CO[P+]23OC[C@H](CC)N2CCN13. The molecule has 3 saturated heterocycles. The predicted octanol–water partition coefficient (Wildman–Crippen LogP) is 1.90. The summed E-state index contributed by atoms with van der Waals surface area (Å²) in [5, 5.41) is 0. The molecular formula is C10H20N2O2P+. The first kappa shape index (κ1) is 10.4. The van der Waals surface area contributed by atoms with Crippen LogP contribution in [-0.4, -0.2) is 47.7 Å². The molecule has 86 valence electrons. The van der Waals surface area contributed by atoms with Gasteiger partial charge in [0.15, 0.2) is 0 Å². The van der Waals surface area contributed by atoms with Crippen molar-refractivity contribution in [2.45, 2.75) is 38.8 Å². The Morgan fingerprint density at radius 3 is 1.87 bits per heavy atom. The van der Waals surface area contributed by atoms with Gasteiger partial charge in [-0.3, -0.25) is 0 Å². The molecule has 0 aliphatic carbocycles. The Hall–Kier alpha value is 0.270. The minimum Gasteiger partial charge on any atom is -0.170 e. The highest BCUT2D eigenvalue weighted by Crippen LogP contribution is 2.77. The first-order chi connectivity index (χ1) is 7.31. The van der Waals surface area contributed by atoms with Crippen LogP contribution >= 0.6 is 8.02 Å². The van der Waals surface area contributed by atoms with Gasteiger partial charge >= 0.3 is 8.02 Å². The maximum Gasteiger partial charge on any atom is 0.437 e. The minimum atomic E-state index is -1.75. The Bertz CT molecular complexity index is 238. The standard InChI is InChI=1S/C10H20N2O2P/c1-3-9-7-13-15-11(9)5-6-12(15)10(4-2)8-14-15/h9-10H,3-8H2,1-2H3/q+1/t9-,10+,15?. The van der Waals surface area contributed by atoms with E-state index in [2.05, 4.69) is 23.2 Å². The largest absolute Gasteiger partial charge is 0.437 e. The normalized spacial score (nSPS) is 46.0. The molecule has 0 bridgehead atoms. The van der Waals surface area contributed by atoms with Crippen molar-refractivity contribution in [3.63, 3.8) is 0 Å². The first-order valence-electron chi connectivity index (χ1n) is 6.04. The van der Waals surface area contributed by atoms with Gasteiger partial charge in [-0.15, -0.1) is 9.34 Å². The summed E-state index contributed by atoms with van der Waals surface area (Å²) < 4.78 is 17.2. The van der Waals surface area contributed by atoms with Crippen LogP contribution in [0.3, 0.4) is 0 Å². The molecule has 5 heteroatoms. The molecule has 3 atom stereocenters. The van der Waals surface area contributed by atoms with E-state index in [1.54, 1.807) is 0 Å². The zero-order valence-corrected chi connectivity index (χ0v) is 10.4. The van der Waals surface area contributed by atoms with Crippen LogP contribution in [0.5, 0.6) is 0 Å². The third kappa shape index (κ3) is 1.26. The zero-order chi connectivity index (χ0) is 10.5. The van der Waals surface area contributed by atoms with Gasteiger partial charge in [-0.05, 0) is 12.8 Å². The van der Waals surface area contributed by atoms with Crippen molar-refractivity contribution >= 4 is 8.02 Å². The maximum atomic E-state index is 6.06. The third-order valence-corrected chi connectivity index (χ3v) is 7.19. The van der Waals surface area contributed by atoms with Crippen LogP contribution in [0, 0.1) is 0 Å². The molecule has 3 heterocycles. The second kappa shape index (κ2) is 3.64. The fourth-order valence-electron chi connectivity index (χ4n) is 2.91. The van der Waals surface area contributed by atoms with Gasteiger partial charge in [0.05, 0.1) is 25.2 Å². The topological polar surface area (TPSA) is 24.9 Å². The highest BCUT2D eigenvalue weighted by atomic mass is 31.2. The summed E-state index contributed by atoms with van der Waals surface area (Å²) in [4.78, 5) is 0. The number of rotatable bonds is 2. The van der Waals surface area contributed by atoms with Crippen LogP contribution in [0.4, 0.5) is 0 Å². The molecule has 0 N–H and O–H groups in total. The fourth-order valence-corrected chi connectivity index (χ4v) is 6.58. The zero-order valence-electron chi connectivity index (χ0n) is 9.56. The lowest BCUT2D eigenvalue weighted by atomic mass is 10.2. The summed E-state index contributed by atoms with van der Waals surface area (Å²) in [6.07, 6.45) is 2.35. The molecule has 0 saturated carbocycles. The van der Waals surface area contributed by atoms with E-state index in [0.29, 0.717) is 12.1 Å². The summed E-state index contributed by atoms with van der Waals surface area (Å²) in [5.74, 6) is 0. The molecule has 0 radical (unpaired) electrons. The average molecular weight is 231 g/mol. The Labute approximate surface area is 92.1 Å². The van der Waals surface area contributed by atoms with Crippen molar-refractivity contribution in [1.29, 1.82) is 0 Å². The molecule has 1 spiro atoms. The molecular weight excluding hydrogens is 211 g/mol. The summed E-state index contributed by atoms with van der Waals surface area (Å²) >= 11 is 0. The van der Waals surface area contributed by atoms with E-state index >= 15 is 0 Å². The van der Waals surface area contributed by atoms with Crippen LogP contribution in [0.25, 0.3) is 0 Å². The first-order valence-corrected chi connectivity index (χ1v) is 7.57. The van der Waals surface area contributed by atoms with Crippen molar-refractivity contribution in [3.8, 4) is 0 Å². The Morgan fingerprint density at radius 1 is 1.00 bits per heavy atom. The van der Waals surface area contributed by atoms with Crippen molar-refractivity contribution in [3.05, 3.63) is 0 Å². The second-order valence-electron chi connectivity index (χ2n) is 4.53. The van der Waals surface area contributed by atoms with E-state index in [9.17, 15) is 0 Å². The highest BCUT2D eigenvalue weighted by Gasteiger charge is 2.72. The highest BCUT2D eigenvalue weighted by molar-refractivity contribution is 7.62. The molecule has 4 nitrogen and oxygen atoms in total. The van der Waals surface area contributed by atoms with E-state index in [1.165, 1.54) is 12.8 Å². The van der Waals surface area contributed by atoms with Crippen molar-refractivity contribution in [2.75, 3.05) is 26.3 Å². The van der Waals surface area contributed by atoms with Gasteiger partial charge in [-0.25, -0.2) is 0 Å². The van der Waals surface area contributed by atoms with E-state index in [0.717, 1.165) is 26.3 Å². The third-order valence-electron chi connectivity index (χ3n) is 3.86. The van der Waals surface area contributed by atoms with Gasteiger partial charge < -0.3 is 0 Å². The average Bonchev–Trinajstić information content (AvgIpc) is 2.85. The van der Waals surface area contributed by atoms with Gasteiger partial charge in [0, 0.05) is 0 Å². The fraction of sp³-hybridized carbons (Fsp3) is 1.00. The van der Waals surface area contributed by atoms with E-state index < -0.39 is 8.02 Å². The van der Waals surface area contributed by atoms with Gasteiger partial charge in [0.1, 0.15) is 13.2 Å². The van der Waals surface area contributed by atoms with Gasteiger partial charge in [0.2, 0.25) is 0 Å². The Kier molecular flexibility index (Phi) is 2.53. The molecule has 3 aliphatic rings. The van der Waals surface area contributed by atoms with E-state index in [4.69, 9.17) is 9.05 Å². The molecule has 3 fully saturated rings. The van der Waals surface area contributed by atoms with Crippen molar-refractivity contribution in [2.24, 2.45) is 0 Å². The van der Waals surface area contributed by atoms with Crippen LogP contribution in [-0.2, 0) is 9.05 Å². The number of hydrogen-bond acceptors (Lipinski definition) is 4.